The van der Waals surface area contributed by atoms with Crippen LogP contribution in [0, 0.1) is 11.3 Å². The minimum Gasteiger partial charge on any atom is -0.453 e. The maximum atomic E-state index is 12.6. The number of carbonyl (C=O) groups excluding carboxylic acids is 2. The lowest BCUT2D eigenvalue weighted by molar-refractivity contribution is -0.249. The van der Waals surface area contributed by atoms with E-state index in [0.29, 0.717) is 6.42 Å². The molecule has 1 amide bonds. The molecule has 2 saturated heterocycles. The van der Waals surface area contributed by atoms with Crippen LogP contribution in [-0.4, -0.2) is 40.1 Å². The lowest BCUT2D eigenvalue weighted by Gasteiger charge is -2.56. The molecular formula is C16H22ClNO4. The number of aliphatic hydroxyl groups is 1. The number of rotatable bonds is 4. The Hall–Kier alpha value is -1.07. The number of carbonyl (C=O) groups is 2. The van der Waals surface area contributed by atoms with Crippen LogP contribution in [-0.2, 0) is 14.3 Å². The average molecular weight is 328 g/mol. The van der Waals surface area contributed by atoms with Crippen molar-refractivity contribution >= 4 is 23.5 Å². The normalized spacial score (nSPS) is 44.8. The second kappa shape index (κ2) is 4.96. The molecule has 2 N–H and O–H groups in total. The van der Waals surface area contributed by atoms with Crippen molar-refractivity contribution in [2.24, 2.45) is 11.3 Å². The van der Waals surface area contributed by atoms with E-state index in [1.165, 1.54) is 0 Å². The maximum Gasteiger partial charge on any atom is 0.339 e. The summed E-state index contributed by atoms with van der Waals surface area (Å²) in [6.07, 6.45) is 6.10. The first-order valence-corrected chi connectivity index (χ1v) is 8.34. The SMILES string of the molecule is C[C@@]12OC(=O)[C@]1([C@@H](O)[C@@H]1C=CCCC1)NC(=O)[C@]2(C)CCCl. The molecule has 2 heterocycles. The van der Waals surface area contributed by atoms with E-state index in [1.54, 1.807) is 13.8 Å². The maximum absolute atomic E-state index is 12.6. The predicted octanol–water partition coefficient (Wildman–Crippen LogP) is 1.52. The molecule has 0 unspecified atom stereocenters. The standard InChI is InChI=1S/C16H22ClNO4/c1-14(8-9-17)12(20)18-16(13(21)22-15(14,16)2)11(19)10-6-4-3-5-7-10/h4,6,10-11,19H,3,5,7-9H2,1-2H3,(H,18,20)/t10-,11+,14+,15+,16+/m1/s1. The molecule has 0 aromatic heterocycles. The molecular weight excluding hydrogens is 306 g/mol. The van der Waals surface area contributed by atoms with Gasteiger partial charge in [0.1, 0.15) is 0 Å². The van der Waals surface area contributed by atoms with Crippen LogP contribution < -0.4 is 5.32 Å². The molecule has 122 valence electrons. The molecule has 2 fully saturated rings. The minimum absolute atomic E-state index is 0.153. The van der Waals surface area contributed by atoms with Gasteiger partial charge in [-0.2, -0.15) is 0 Å². The van der Waals surface area contributed by atoms with E-state index in [-0.39, 0.29) is 17.7 Å². The number of allylic oxidation sites excluding steroid dienone is 1. The summed E-state index contributed by atoms with van der Waals surface area (Å²) in [6, 6.07) is 0. The zero-order valence-corrected chi connectivity index (χ0v) is 13.7. The number of halogens is 1. The molecule has 2 aliphatic heterocycles. The second-order valence-electron chi connectivity index (χ2n) is 6.92. The largest absolute Gasteiger partial charge is 0.453 e. The van der Waals surface area contributed by atoms with Crippen molar-refractivity contribution in [1.29, 1.82) is 0 Å². The lowest BCUT2D eigenvalue weighted by atomic mass is 9.59. The first-order valence-electron chi connectivity index (χ1n) is 7.80. The fourth-order valence-corrected chi connectivity index (χ4v) is 4.57. The van der Waals surface area contributed by atoms with Crippen molar-refractivity contribution in [3.05, 3.63) is 12.2 Å². The van der Waals surface area contributed by atoms with Gasteiger partial charge in [-0.25, -0.2) is 4.79 Å². The highest BCUT2D eigenvalue weighted by Gasteiger charge is 2.83. The van der Waals surface area contributed by atoms with Gasteiger partial charge in [0.25, 0.3) is 0 Å². The first kappa shape index (κ1) is 15.8. The van der Waals surface area contributed by atoms with Crippen LogP contribution >= 0.6 is 11.6 Å². The lowest BCUT2D eigenvalue weighted by Crippen LogP contribution is -2.81. The van der Waals surface area contributed by atoms with Crippen molar-refractivity contribution in [1.82, 2.24) is 5.32 Å². The Morgan fingerprint density at radius 3 is 2.77 bits per heavy atom. The number of aliphatic hydroxyl groups excluding tert-OH is 1. The molecule has 22 heavy (non-hydrogen) atoms. The fraction of sp³-hybridized carbons (Fsp3) is 0.750. The molecule has 0 radical (unpaired) electrons. The van der Waals surface area contributed by atoms with E-state index >= 15 is 0 Å². The van der Waals surface area contributed by atoms with Crippen molar-refractivity contribution in [3.8, 4) is 0 Å². The average Bonchev–Trinajstić information content (AvgIpc) is 2.64. The Bertz CT molecular complexity index is 550. The van der Waals surface area contributed by atoms with Gasteiger partial charge in [0.2, 0.25) is 11.4 Å². The smallest absolute Gasteiger partial charge is 0.339 e. The number of amides is 1. The molecule has 5 atom stereocenters. The first-order chi connectivity index (χ1) is 10.3. The monoisotopic (exact) mass is 327 g/mol. The summed E-state index contributed by atoms with van der Waals surface area (Å²) in [5.74, 6) is -0.694. The fourth-order valence-electron chi connectivity index (χ4n) is 4.19. The van der Waals surface area contributed by atoms with E-state index < -0.39 is 28.6 Å². The molecule has 3 aliphatic rings. The third-order valence-corrected chi connectivity index (χ3v) is 6.16. The van der Waals surface area contributed by atoms with Crippen molar-refractivity contribution in [3.63, 3.8) is 0 Å². The Morgan fingerprint density at radius 2 is 2.23 bits per heavy atom. The predicted molar refractivity (Wildman–Crippen MR) is 81.3 cm³/mol. The van der Waals surface area contributed by atoms with Crippen LogP contribution in [0.4, 0.5) is 0 Å². The van der Waals surface area contributed by atoms with E-state index in [2.05, 4.69) is 5.32 Å². The number of fused-ring (bicyclic) bond motifs is 1. The van der Waals surface area contributed by atoms with Crippen molar-refractivity contribution in [2.45, 2.75) is 56.8 Å². The van der Waals surface area contributed by atoms with Gasteiger partial charge in [-0.1, -0.05) is 12.2 Å². The van der Waals surface area contributed by atoms with Crippen LogP contribution in [0.5, 0.6) is 0 Å². The van der Waals surface area contributed by atoms with E-state index in [1.807, 2.05) is 12.2 Å². The highest BCUT2D eigenvalue weighted by Crippen LogP contribution is 2.59. The van der Waals surface area contributed by atoms with E-state index in [9.17, 15) is 14.7 Å². The van der Waals surface area contributed by atoms with Gasteiger partial charge in [0.05, 0.1) is 11.5 Å². The number of hydrogen-bond donors (Lipinski definition) is 2. The molecule has 0 saturated carbocycles. The van der Waals surface area contributed by atoms with Gasteiger partial charge in [-0.3, -0.25) is 4.79 Å². The summed E-state index contributed by atoms with van der Waals surface area (Å²) < 4.78 is 5.44. The molecule has 5 nitrogen and oxygen atoms in total. The Balaban J connectivity index is 2.01. The number of esters is 1. The van der Waals surface area contributed by atoms with Crippen LogP contribution in [0.15, 0.2) is 12.2 Å². The second-order valence-corrected chi connectivity index (χ2v) is 7.30. The summed E-state index contributed by atoms with van der Waals surface area (Å²) in [6.45, 7) is 3.48. The minimum atomic E-state index is -1.36. The number of ether oxygens (including phenoxy) is 1. The van der Waals surface area contributed by atoms with Crippen LogP contribution in [0.1, 0.15) is 39.5 Å². The summed E-state index contributed by atoms with van der Waals surface area (Å²) in [5, 5.41) is 13.7. The summed E-state index contributed by atoms with van der Waals surface area (Å²) in [7, 11) is 0. The van der Waals surface area contributed by atoms with Crippen LogP contribution in [0.2, 0.25) is 0 Å². The highest BCUT2D eigenvalue weighted by molar-refractivity contribution is 6.18. The number of hydrogen-bond acceptors (Lipinski definition) is 4. The van der Waals surface area contributed by atoms with Crippen LogP contribution in [0.3, 0.4) is 0 Å². The van der Waals surface area contributed by atoms with Gasteiger partial charge < -0.3 is 15.2 Å². The van der Waals surface area contributed by atoms with E-state index in [4.69, 9.17) is 16.3 Å². The van der Waals surface area contributed by atoms with E-state index in [0.717, 1.165) is 19.3 Å². The molecule has 0 spiro atoms. The van der Waals surface area contributed by atoms with Crippen molar-refractivity contribution < 1.29 is 19.4 Å². The topological polar surface area (TPSA) is 75.6 Å². The van der Waals surface area contributed by atoms with Gasteiger partial charge in [0.15, 0.2) is 5.60 Å². The van der Waals surface area contributed by atoms with Crippen LogP contribution in [0.25, 0.3) is 0 Å². The molecule has 6 heteroatoms. The zero-order chi connectivity index (χ0) is 16.2. The number of alkyl halides is 1. The third-order valence-electron chi connectivity index (χ3n) is 5.97. The van der Waals surface area contributed by atoms with Crippen molar-refractivity contribution in [2.75, 3.05) is 5.88 Å². The van der Waals surface area contributed by atoms with Gasteiger partial charge in [-0.15, -0.1) is 11.6 Å². The summed E-state index contributed by atoms with van der Waals surface area (Å²) in [5.41, 5.74) is -3.37. The number of nitrogens with one attached hydrogen (secondary N) is 1. The Labute approximate surface area is 135 Å². The molecule has 1 aliphatic carbocycles. The molecule has 0 aromatic rings. The Morgan fingerprint density at radius 1 is 1.50 bits per heavy atom. The quantitative estimate of drug-likeness (QED) is 0.466. The summed E-state index contributed by atoms with van der Waals surface area (Å²) in [4.78, 5) is 24.9. The highest BCUT2D eigenvalue weighted by atomic mass is 35.5. The van der Waals surface area contributed by atoms with Gasteiger partial charge in [-0.05, 0) is 39.5 Å². The molecule has 3 rings (SSSR count). The Kier molecular flexibility index (Phi) is 3.57. The van der Waals surface area contributed by atoms with Gasteiger partial charge >= 0.3 is 5.97 Å². The molecule has 0 bridgehead atoms. The van der Waals surface area contributed by atoms with Gasteiger partial charge in [0, 0.05) is 11.8 Å². The molecule has 0 aromatic carbocycles. The zero-order valence-electron chi connectivity index (χ0n) is 12.9. The summed E-state index contributed by atoms with van der Waals surface area (Å²) >= 11 is 5.85. The third kappa shape index (κ3) is 1.64.